The highest BCUT2D eigenvalue weighted by Gasteiger charge is 2.08. The van der Waals surface area contributed by atoms with E-state index in [1.807, 2.05) is 6.07 Å². The number of aliphatic hydroxyl groups is 1. The Morgan fingerprint density at radius 3 is 2.45 bits per heavy atom. The minimum absolute atomic E-state index is 0.0784. The van der Waals surface area contributed by atoms with Crippen molar-refractivity contribution >= 4 is 34.4 Å². The highest BCUT2D eigenvalue weighted by Crippen LogP contribution is 2.34. The van der Waals surface area contributed by atoms with Crippen LogP contribution in [0.4, 0.5) is 0 Å². The first-order valence-corrected chi connectivity index (χ1v) is 8.29. The van der Waals surface area contributed by atoms with Gasteiger partial charge in [0, 0.05) is 19.9 Å². The van der Waals surface area contributed by atoms with Gasteiger partial charge in [-0.05, 0) is 72.1 Å². The van der Waals surface area contributed by atoms with Crippen molar-refractivity contribution in [3.05, 3.63) is 57.2 Å². The van der Waals surface area contributed by atoms with Crippen molar-refractivity contribution in [2.75, 3.05) is 14.1 Å². The smallest absolute Gasteiger partial charge is 0.0693 e. The van der Waals surface area contributed by atoms with E-state index in [1.165, 1.54) is 10.5 Å². The number of aliphatic hydroxyl groups excluding tert-OH is 1. The minimum Gasteiger partial charge on any atom is -0.392 e. The van der Waals surface area contributed by atoms with E-state index in [9.17, 15) is 5.11 Å². The average Bonchev–Trinajstić information content (AvgIpc) is 2.42. The van der Waals surface area contributed by atoms with Crippen molar-refractivity contribution in [1.82, 2.24) is 4.90 Å². The van der Waals surface area contributed by atoms with E-state index in [2.05, 4.69) is 78.0 Å². The number of benzene rings is 2. The fourth-order valence-corrected chi connectivity index (χ4v) is 3.56. The van der Waals surface area contributed by atoms with E-state index in [1.54, 1.807) is 11.8 Å². The molecule has 106 valence electrons. The topological polar surface area (TPSA) is 23.5 Å². The van der Waals surface area contributed by atoms with Gasteiger partial charge in [0.05, 0.1) is 6.61 Å². The molecular weight excluding hydrogens is 379 g/mol. The number of halogens is 1. The highest BCUT2D eigenvalue weighted by molar-refractivity contribution is 14.1. The molecule has 0 aromatic heterocycles. The molecule has 0 aliphatic rings. The van der Waals surface area contributed by atoms with Gasteiger partial charge in [0.15, 0.2) is 0 Å². The summed E-state index contributed by atoms with van der Waals surface area (Å²) in [6.45, 7) is 0.997. The lowest BCUT2D eigenvalue weighted by molar-refractivity contribution is 0.279. The van der Waals surface area contributed by atoms with Crippen LogP contribution in [0.25, 0.3) is 0 Å². The molecule has 0 unspecified atom stereocenters. The predicted molar refractivity (Wildman–Crippen MR) is 93.0 cm³/mol. The van der Waals surface area contributed by atoms with Gasteiger partial charge in [0.1, 0.15) is 0 Å². The van der Waals surface area contributed by atoms with Crippen LogP contribution in [0, 0.1) is 3.57 Å². The summed E-state index contributed by atoms with van der Waals surface area (Å²) in [5.41, 5.74) is 2.30. The maximum atomic E-state index is 9.51. The molecule has 2 nitrogen and oxygen atoms in total. The molecule has 0 heterocycles. The van der Waals surface area contributed by atoms with Crippen LogP contribution in [0.1, 0.15) is 11.1 Å². The maximum Gasteiger partial charge on any atom is 0.0693 e. The van der Waals surface area contributed by atoms with Crippen LogP contribution in [0.15, 0.2) is 52.3 Å². The lowest BCUT2D eigenvalue weighted by atomic mass is 10.2. The summed E-state index contributed by atoms with van der Waals surface area (Å²) in [5.74, 6) is 0. The molecule has 4 heteroatoms. The summed E-state index contributed by atoms with van der Waals surface area (Å²) in [4.78, 5) is 4.54. The molecule has 2 aromatic carbocycles. The normalized spacial score (nSPS) is 11.1. The summed E-state index contributed by atoms with van der Waals surface area (Å²) in [7, 11) is 4.15. The predicted octanol–water partition coefficient (Wildman–Crippen LogP) is 4.00. The van der Waals surface area contributed by atoms with Crippen molar-refractivity contribution in [3.63, 3.8) is 0 Å². The monoisotopic (exact) mass is 397 g/mol. The Morgan fingerprint density at radius 2 is 1.75 bits per heavy atom. The SMILES string of the molecule is CN(C)Cc1ccccc1Sc1ccc([125I])cc1CO. The quantitative estimate of drug-likeness (QED) is 0.772. The van der Waals surface area contributed by atoms with Crippen molar-refractivity contribution in [2.24, 2.45) is 0 Å². The molecule has 1 N–H and O–H groups in total. The molecule has 0 aliphatic carbocycles. The summed E-state index contributed by atoms with van der Waals surface area (Å²) >= 11 is 4.00. The van der Waals surface area contributed by atoms with Crippen molar-refractivity contribution in [3.8, 4) is 0 Å². The van der Waals surface area contributed by atoms with Gasteiger partial charge >= 0.3 is 0 Å². The molecule has 0 saturated carbocycles. The molecule has 20 heavy (non-hydrogen) atoms. The Morgan fingerprint density at radius 1 is 1.05 bits per heavy atom. The lowest BCUT2D eigenvalue weighted by Gasteiger charge is -2.15. The van der Waals surface area contributed by atoms with Crippen LogP contribution in [0.5, 0.6) is 0 Å². The second kappa shape index (κ2) is 7.45. The van der Waals surface area contributed by atoms with Crippen LogP contribution < -0.4 is 0 Å². The molecule has 0 fully saturated rings. The number of hydrogen-bond donors (Lipinski definition) is 1. The van der Waals surface area contributed by atoms with Gasteiger partial charge in [-0.25, -0.2) is 0 Å². The summed E-state index contributed by atoms with van der Waals surface area (Å²) in [6.07, 6.45) is 0. The summed E-state index contributed by atoms with van der Waals surface area (Å²) in [6, 6.07) is 14.6. The van der Waals surface area contributed by atoms with E-state index in [0.29, 0.717) is 0 Å². The van der Waals surface area contributed by atoms with Gasteiger partial charge in [0.25, 0.3) is 0 Å². The second-order valence-electron chi connectivity index (χ2n) is 4.86. The van der Waals surface area contributed by atoms with Gasteiger partial charge in [0.2, 0.25) is 0 Å². The molecule has 0 bridgehead atoms. The van der Waals surface area contributed by atoms with E-state index in [4.69, 9.17) is 0 Å². The first kappa shape index (κ1) is 15.8. The molecule has 2 rings (SSSR count). The van der Waals surface area contributed by atoms with Crippen molar-refractivity contribution in [1.29, 1.82) is 0 Å². The van der Waals surface area contributed by atoms with Gasteiger partial charge in [-0.1, -0.05) is 30.0 Å². The minimum atomic E-state index is 0.0784. The number of nitrogens with zero attached hydrogens (tertiary/aromatic N) is 1. The van der Waals surface area contributed by atoms with Crippen LogP contribution in [-0.2, 0) is 13.2 Å². The average molecular weight is 397 g/mol. The molecule has 0 aliphatic heterocycles. The molecule has 0 spiro atoms. The Bertz CT molecular complexity index is 586. The lowest BCUT2D eigenvalue weighted by Crippen LogP contribution is -2.11. The van der Waals surface area contributed by atoms with E-state index >= 15 is 0 Å². The third-order valence-electron chi connectivity index (χ3n) is 2.87. The van der Waals surface area contributed by atoms with Gasteiger partial charge in [-0.15, -0.1) is 0 Å². The third kappa shape index (κ3) is 4.22. The molecule has 2 aromatic rings. The zero-order chi connectivity index (χ0) is 14.5. The Hall–Kier alpha value is -0.560. The largest absolute Gasteiger partial charge is 0.392 e. The first-order chi connectivity index (χ1) is 9.60. The standard InChI is InChI=1S/C16H18INOS/c1-18(2)10-12-5-3-4-6-15(12)20-16-8-7-14(17)9-13(16)11-19/h3-9,19H,10-11H2,1-2H3/i17-2. The number of rotatable bonds is 5. The fraction of sp³-hybridized carbons (Fsp3) is 0.250. The van der Waals surface area contributed by atoms with E-state index < -0.39 is 0 Å². The van der Waals surface area contributed by atoms with Crippen molar-refractivity contribution in [2.45, 2.75) is 22.9 Å². The molecular formula is C16H18INOS. The van der Waals surface area contributed by atoms with Gasteiger partial charge in [-0.3, -0.25) is 0 Å². The molecule has 0 saturated heterocycles. The highest BCUT2D eigenvalue weighted by atomic mass is 125. The first-order valence-electron chi connectivity index (χ1n) is 6.40. The fourth-order valence-electron chi connectivity index (χ4n) is 1.96. The second-order valence-corrected chi connectivity index (χ2v) is 7.19. The maximum absolute atomic E-state index is 9.51. The van der Waals surface area contributed by atoms with Crippen molar-refractivity contribution < 1.29 is 5.11 Å². The molecule has 0 amide bonds. The zero-order valence-corrected chi connectivity index (χ0v) is 14.6. The van der Waals surface area contributed by atoms with Gasteiger partial charge < -0.3 is 10.0 Å². The number of hydrogen-bond acceptors (Lipinski definition) is 3. The third-order valence-corrected chi connectivity index (χ3v) is 4.78. The van der Waals surface area contributed by atoms with Crippen LogP contribution in [0.2, 0.25) is 0 Å². The molecule has 0 atom stereocenters. The summed E-state index contributed by atoms with van der Waals surface area (Å²) in [5, 5.41) is 9.51. The van der Waals surface area contributed by atoms with Crippen LogP contribution >= 0.6 is 34.4 Å². The van der Waals surface area contributed by atoms with Crippen LogP contribution in [0.3, 0.4) is 0 Å². The van der Waals surface area contributed by atoms with Gasteiger partial charge in [-0.2, -0.15) is 0 Å². The Labute approximate surface area is 138 Å². The van der Waals surface area contributed by atoms with E-state index in [0.717, 1.165) is 20.6 Å². The zero-order valence-electron chi connectivity index (χ0n) is 11.6. The van der Waals surface area contributed by atoms with E-state index in [-0.39, 0.29) is 6.61 Å². The Kier molecular flexibility index (Phi) is 5.89. The molecule has 0 radical (unpaired) electrons. The summed E-state index contributed by atoms with van der Waals surface area (Å²) < 4.78 is 1.15. The Balaban J connectivity index is 2.30. The van der Waals surface area contributed by atoms with Crippen LogP contribution in [-0.4, -0.2) is 24.1 Å².